The van der Waals surface area contributed by atoms with E-state index in [0.717, 1.165) is 17.9 Å². The maximum Gasteiger partial charge on any atom is 0.180 e. The van der Waals surface area contributed by atoms with Gasteiger partial charge in [0.2, 0.25) is 0 Å². The molecule has 0 aliphatic rings. The molecule has 0 unspecified atom stereocenters. The Kier molecular flexibility index (Phi) is 3.85. The number of aryl methyl sites for hydroxylation is 1. The van der Waals surface area contributed by atoms with Crippen LogP contribution in [0.4, 0.5) is 5.82 Å². The number of hydrogen-bond donors (Lipinski definition) is 2. The molecule has 0 spiro atoms. The highest BCUT2D eigenvalue weighted by atomic mass is 16.5. The number of nitrogen functional groups attached to an aromatic ring is 1. The summed E-state index contributed by atoms with van der Waals surface area (Å²) < 4.78 is 6.90. The number of aromatic nitrogens is 4. The SMILES string of the molecule is CCn1nccc1-c1nc(COC)cc(NN)n1. The Balaban J connectivity index is 2.46. The lowest BCUT2D eigenvalue weighted by Crippen LogP contribution is -2.12. The molecule has 0 aliphatic carbocycles. The van der Waals surface area contributed by atoms with E-state index < -0.39 is 0 Å². The molecule has 0 bridgehead atoms. The Bertz CT molecular complexity index is 524. The van der Waals surface area contributed by atoms with Crippen LogP contribution in [-0.4, -0.2) is 26.9 Å². The Morgan fingerprint density at radius 3 is 2.94 bits per heavy atom. The predicted octanol–water partition coefficient (Wildman–Crippen LogP) is 0.792. The molecule has 0 aromatic carbocycles. The van der Waals surface area contributed by atoms with Gasteiger partial charge in [-0.3, -0.25) is 4.68 Å². The predicted molar refractivity (Wildman–Crippen MR) is 67.5 cm³/mol. The molecule has 0 atom stereocenters. The van der Waals surface area contributed by atoms with Crippen molar-refractivity contribution in [1.82, 2.24) is 19.7 Å². The molecule has 18 heavy (non-hydrogen) atoms. The monoisotopic (exact) mass is 248 g/mol. The fourth-order valence-electron chi connectivity index (χ4n) is 1.68. The van der Waals surface area contributed by atoms with Crippen LogP contribution >= 0.6 is 0 Å². The number of rotatable bonds is 5. The van der Waals surface area contributed by atoms with E-state index in [1.807, 2.05) is 17.7 Å². The minimum Gasteiger partial charge on any atom is -0.378 e. The van der Waals surface area contributed by atoms with Gasteiger partial charge in [0.25, 0.3) is 0 Å². The van der Waals surface area contributed by atoms with Crippen molar-refractivity contribution in [3.63, 3.8) is 0 Å². The summed E-state index contributed by atoms with van der Waals surface area (Å²) in [6.45, 7) is 3.17. The smallest absolute Gasteiger partial charge is 0.180 e. The van der Waals surface area contributed by atoms with Gasteiger partial charge in [-0.1, -0.05) is 0 Å². The molecule has 0 saturated carbocycles. The number of anilines is 1. The molecule has 7 nitrogen and oxygen atoms in total. The maximum absolute atomic E-state index is 5.40. The molecule has 2 aromatic heterocycles. The summed E-state index contributed by atoms with van der Waals surface area (Å²) in [4.78, 5) is 8.75. The highest BCUT2D eigenvalue weighted by molar-refractivity contribution is 5.53. The summed E-state index contributed by atoms with van der Waals surface area (Å²) in [6, 6.07) is 3.62. The first-order chi connectivity index (χ1) is 8.78. The van der Waals surface area contributed by atoms with Crippen molar-refractivity contribution < 1.29 is 4.74 Å². The second kappa shape index (κ2) is 5.56. The van der Waals surface area contributed by atoms with Gasteiger partial charge < -0.3 is 10.2 Å². The van der Waals surface area contributed by atoms with Crippen LogP contribution in [0.2, 0.25) is 0 Å². The summed E-state index contributed by atoms with van der Waals surface area (Å²) >= 11 is 0. The number of nitrogens with two attached hydrogens (primary N) is 1. The topological polar surface area (TPSA) is 90.9 Å². The van der Waals surface area contributed by atoms with Gasteiger partial charge in [0.1, 0.15) is 11.5 Å². The van der Waals surface area contributed by atoms with E-state index in [-0.39, 0.29) is 0 Å². The Morgan fingerprint density at radius 2 is 2.28 bits per heavy atom. The van der Waals surface area contributed by atoms with Gasteiger partial charge in [0.15, 0.2) is 5.82 Å². The number of nitrogens with one attached hydrogen (secondary N) is 1. The number of hydrazine groups is 1. The van der Waals surface area contributed by atoms with E-state index >= 15 is 0 Å². The molecule has 0 fully saturated rings. The van der Waals surface area contributed by atoms with Crippen molar-refractivity contribution >= 4 is 5.82 Å². The third-order valence-electron chi connectivity index (χ3n) is 2.46. The van der Waals surface area contributed by atoms with Crippen LogP contribution in [0, 0.1) is 0 Å². The normalized spacial score (nSPS) is 10.6. The first-order valence-corrected chi connectivity index (χ1v) is 5.64. The lowest BCUT2D eigenvalue weighted by Gasteiger charge is -2.08. The zero-order chi connectivity index (χ0) is 13.0. The van der Waals surface area contributed by atoms with E-state index in [1.165, 1.54) is 0 Å². The van der Waals surface area contributed by atoms with Gasteiger partial charge in [-0.05, 0) is 13.0 Å². The third kappa shape index (κ3) is 2.47. The molecule has 2 heterocycles. The van der Waals surface area contributed by atoms with Crippen molar-refractivity contribution in [3.8, 4) is 11.5 Å². The van der Waals surface area contributed by atoms with Crippen molar-refractivity contribution in [1.29, 1.82) is 0 Å². The summed E-state index contributed by atoms with van der Waals surface area (Å²) in [5.41, 5.74) is 4.15. The second-order valence-corrected chi connectivity index (χ2v) is 3.68. The van der Waals surface area contributed by atoms with Gasteiger partial charge in [0, 0.05) is 25.9 Å². The Hall–Kier alpha value is -1.99. The van der Waals surface area contributed by atoms with Crippen LogP contribution in [0.5, 0.6) is 0 Å². The molecule has 0 amide bonds. The van der Waals surface area contributed by atoms with Crippen molar-refractivity contribution in [2.45, 2.75) is 20.1 Å². The molecular formula is C11H16N6O. The second-order valence-electron chi connectivity index (χ2n) is 3.68. The van der Waals surface area contributed by atoms with Crippen molar-refractivity contribution in [2.75, 3.05) is 12.5 Å². The van der Waals surface area contributed by atoms with Gasteiger partial charge in [-0.15, -0.1) is 0 Å². The molecule has 7 heteroatoms. The molecule has 0 aliphatic heterocycles. The van der Waals surface area contributed by atoms with Crippen LogP contribution in [0.1, 0.15) is 12.6 Å². The largest absolute Gasteiger partial charge is 0.378 e. The molecule has 2 rings (SSSR count). The quantitative estimate of drug-likeness (QED) is 0.600. The van der Waals surface area contributed by atoms with E-state index in [2.05, 4.69) is 20.5 Å². The van der Waals surface area contributed by atoms with Crippen LogP contribution in [0.25, 0.3) is 11.5 Å². The van der Waals surface area contributed by atoms with Gasteiger partial charge in [-0.25, -0.2) is 15.8 Å². The summed E-state index contributed by atoms with van der Waals surface area (Å²) in [5.74, 6) is 6.54. The van der Waals surface area contributed by atoms with Crippen LogP contribution in [0.15, 0.2) is 18.3 Å². The van der Waals surface area contributed by atoms with E-state index in [4.69, 9.17) is 10.6 Å². The molecular weight excluding hydrogens is 232 g/mol. The maximum atomic E-state index is 5.40. The third-order valence-corrected chi connectivity index (χ3v) is 2.46. The average molecular weight is 248 g/mol. The number of nitrogens with zero attached hydrogens (tertiary/aromatic N) is 4. The molecule has 2 aromatic rings. The first-order valence-electron chi connectivity index (χ1n) is 5.64. The van der Waals surface area contributed by atoms with E-state index in [0.29, 0.717) is 18.2 Å². The lowest BCUT2D eigenvalue weighted by molar-refractivity contribution is 0.181. The van der Waals surface area contributed by atoms with Gasteiger partial charge in [0.05, 0.1) is 12.3 Å². The summed E-state index contributed by atoms with van der Waals surface area (Å²) in [6.07, 6.45) is 1.72. The van der Waals surface area contributed by atoms with Crippen LogP contribution in [-0.2, 0) is 17.9 Å². The number of ether oxygens (including phenoxy) is 1. The fourth-order valence-corrected chi connectivity index (χ4v) is 1.68. The first kappa shape index (κ1) is 12.5. The summed E-state index contributed by atoms with van der Waals surface area (Å²) in [5, 5.41) is 4.20. The molecule has 96 valence electrons. The zero-order valence-corrected chi connectivity index (χ0v) is 10.4. The van der Waals surface area contributed by atoms with Crippen LogP contribution < -0.4 is 11.3 Å². The number of methoxy groups -OCH3 is 1. The lowest BCUT2D eigenvalue weighted by atomic mass is 10.3. The average Bonchev–Trinajstić information content (AvgIpc) is 2.87. The Morgan fingerprint density at radius 1 is 1.44 bits per heavy atom. The van der Waals surface area contributed by atoms with Crippen molar-refractivity contribution in [3.05, 3.63) is 24.0 Å². The Labute approximate surface area is 105 Å². The van der Waals surface area contributed by atoms with E-state index in [1.54, 1.807) is 19.4 Å². The van der Waals surface area contributed by atoms with E-state index in [9.17, 15) is 0 Å². The van der Waals surface area contributed by atoms with Gasteiger partial charge >= 0.3 is 0 Å². The molecule has 3 N–H and O–H groups in total. The molecule has 0 radical (unpaired) electrons. The van der Waals surface area contributed by atoms with Crippen molar-refractivity contribution in [2.24, 2.45) is 5.84 Å². The fraction of sp³-hybridized carbons (Fsp3) is 0.364. The molecule has 0 saturated heterocycles. The standard InChI is InChI=1S/C11H16N6O/c1-3-17-9(4-5-13-17)11-14-8(7-18-2)6-10(15-11)16-12/h4-6H,3,7,12H2,1-2H3,(H,14,15,16). The highest BCUT2D eigenvalue weighted by Crippen LogP contribution is 2.17. The number of hydrogen-bond acceptors (Lipinski definition) is 6. The minimum atomic E-state index is 0.407. The summed E-state index contributed by atoms with van der Waals surface area (Å²) in [7, 11) is 1.62. The zero-order valence-electron chi connectivity index (χ0n) is 10.4. The highest BCUT2D eigenvalue weighted by Gasteiger charge is 2.10. The van der Waals surface area contributed by atoms with Crippen LogP contribution in [0.3, 0.4) is 0 Å². The minimum absolute atomic E-state index is 0.407. The van der Waals surface area contributed by atoms with Gasteiger partial charge in [-0.2, -0.15) is 5.10 Å².